The van der Waals surface area contributed by atoms with Crippen molar-refractivity contribution in [2.24, 2.45) is 0 Å². The highest BCUT2D eigenvalue weighted by Gasteiger charge is 1.97. The van der Waals surface area contributed by atoms with Crippen LogP contribution in [0.25, 0.3) is 0 Å². The Hall–Kier alpha value is -1.75. The van der Waals surface area contributed by atoms with Crippen LogP contribution in [0, 0.1) is 0 Å². The third kappa shape index (κ3) is 3.43. The molecule has 5 nitrogen and oxygen atoms in total. The van der Waals surface area contributed by atoms with Crippen LogP contribution in [0.15, 0.2) is 35.4 Å². The average molecular weight is 218 g/mol. The molecule has 5 heteroatoms. The smallest absolute Gasteiger partial charge is 0.227 e. The predicted molar refractivity (Wildman–Crippen MR) is 58.8 cm³/mol. The quantitative estimate of drug-likeness (QED) is 0.728. The van der Waals surface area contributed by atoms with Gasteiger partial charge in [-0.1, -0.05) is 11.2 Å². The summed E-state index contributed by atoms with van der Waals surface area (Å²) in [6.07, 6.45) is 6.85. The molecule has 0 aromatic carbocycles. The van der Waals surface area contributed by atoms with Crippen molar-refractivity contribution in [1.82, 2.24) is 20.4 Å². The molecule has 0 saturated heterocycles. The summed E-state index contributed by atoms with van der Waals surface area (Å²) in [5.41, 5.74) is 1.24. The highest BCUT2D eigenvalue weighted by atomic mass is 16.5. The molecule has 2 heterocycles. The average Bonchev–Trinajstić information content (AvgIpc) is 2.83. The summed E-state index contributed by atoms with van der Waals surface area (Å²) in [5.74, 6) is 0.675. The van der Waals surface area contributed by atoms with Crippen LogP contribution < -0.4 is 5.32 Å². The molecule has 0 unspecified atom stereocenters. The standard InChI is InChI=1S/C11H14N4O/c1-2-10(8-13-5-1)3-6-12-7-4-11-14-9-15-16-11/h1-2,5,8-9,12H,3-4,6-7H2. The predicted octanol–water partition coefficient (Wildman–Crippen LogP) is 0.839. The lowest BCUT2D eigenvalue weighted by Gasteiger charge is -2.02. The van der Waals surface area contributed by atoms with Crippen molar-refractivity contribution in [2.75, 3.05) is 13.1 Å². The van der Waals surface area contributed by atoms with Crippen molar-refractivity contribution in [3.63, 3.8) is 0 Å². The first kappa shape index (κ1) is 10.8. The monoisotopic (exact) mass is 218 g/mol. The molecule has 16 heavy (non-hydrogen) atoms. The van der Waals surface area contributed by atoms with Gasteiger partial charge in [0.1, 0.15) is 0 Å². The van der Waals surface area contributed by atoms with E-state index >= 15 is 0 Å². The molecule has 84 valence electrons. The van der Waals surface area contributed by atoms with Gasteiger partial charge in [-0.25, -0.2) is 0 Å². The van der Waals surface area contributed by atoms with Crippen LogP contribution in [-0.2, 0) is 12.8 Å². The molecule has 0 fully saturated rings. The van der Waals surface area contributed by atoms with Crippen LogP contribution in [0.2, 0.25) is 0 Å². The third-order valence-electron chi connectivity index (χ3n) is 2.24. The number of nitrogens with zero attached hydrogens (tertiary/aromatic N) is 3. The van der Waals surface area contributed by atoms with Gasteiger partial charge in [0.25, 0.3) is 0 Å². The molecule has 0 atom stereocenters. The zero-order chi connectivity index (χ0) is 11.1. The van der Waals surface area contributed by atoms with E-state index in [1.54, 1.807) is 6.20 Å². The molecule has 0 saturated carbocycles. The van der Waals surface area contributed by atoms with Gasteiger partial charge >= 0.3 is 0 Å². The molecule has 0 aliphatic rings. The number of aromatic nitrogens is 3. The molecule has 0 aliphatic heterocycles. The fraction of sp³-hybridized carbons (Fsp3) is 0.364. The topological polar surface area (TPSA) is 63.8 Å². The summed E-state index contributed by atoms with van der Waals surface area (Å²) in [7, 11) is 0. The lowest BCUT2D eigenvalue weighted by atomic mass is 10.2. The first-order valence-electron chi connectivity index (χ1n) is 5.30. The van der Waals surface area contributed by atoms with Crippen molar-refractivity contribution < 1.29 is 4.52 Å². The normalized spacial score (nSPS) is 10.5. The number of rotatable bonds is 6. The highest BCUT2D eigenvalue weighted by Crippen LogP contribution is 1.95. The largest absolute Gasteiger partial charge is 0.340 e. The summed E-state index contributed by atoms with van der Waals surface area (Å²) < 4.78 is 4.89. The molecule has 0 radical (unpaired) electrons. The van der Waals surface area contributed by atoms with Crippen molar-refractivity contribution in [1.29, 1.82) is 0 Å². The Kier molecular flexibility index (Phi) is 4.01. The van der Waals surface area contributed by atoms with E-state index in [4.69, 9.17) is 4.52 Å². The van der Waals surface area contributed by atoms with Gasteiger partial charge in [0.05, 0.1) is 0 Å². The van der Waals surface area contributed by atoms with Crippen LogP contribution in [-0.4, -0.2) is 28.2 Å². The summed E-state index contributed by atoms with van der Waals surface area (Å²) in [6.45, 7) is 1.78. The Balaban J connectivity index is 1.59. The minimum absolute atomic E-state index is 0.675. The number of hydrogen-bond acceptors (Lipinski definition) is 5. The fourth-order valence-corrected chi connectivity index (χ4v) is 1.41. The lowest BCUT2D eigenvalue weighted by molar-refractivity contribution is 0.375. The van der Waals surface area contributed by atoms with Crippen LogP contribution in [0.5, 0.6) is 0 Å². The van der Waals surface area contributed by atoms with E-state index in [1.165, 1.54) is 11.9 Å². The zero-order valence-electron chi connectivity index (χ0n) is 8.97. The van der Waals surface area contributed by atoms with E-state index in [0.29, 0.717) is 5.89 Å². The van der Waals surface area contributed by atoms with Crippen molar-refractivity contribution >= 4 is 0 Å². The number of hydrogen-bond donors (Lipinski definition) is 1. The maximum Gasteiger partial charge on any atom is 0.227 e. The molecule has 0 aliphatic carbocycles. The fourth-order valence-electron chi connectivity index (χ4n) is 1.41. The molecule has 1 N–H and O–H groups in total. The van der Waals surface area contributed by atoms with Crippen molar-refractivity contribution in [3.05, 3.63) is 42.3 Å². The van der Waals surface area contributed by atoms with Gasteiger partial charge in [-0.3, -0.25) is 4.98 Å². The van der Waals surface area contributed by atoms with Gasteiger partial charge in [0.15, 0.2) is 6.33 Å². The highest BCUT2D eigenvalue weighted by molar-refractivity contribution is 5.08. The van der Waals surface area contributed by atoms with Gasteiger partial charge in [-0.2, -0.15) is 4.98 Å². The summed E-state index contributed by atoms with van der Waals surface area (Å²) >= 11 is 0. The van der Waals surface area contributed by atoms with Crippen LogP contribution >= 0.6 is 0 Å². The van der Waals surface area contributed by atoms with E-state index in [1.807, 2.05) is 12.3 Å². The number of nitrogens with one attached hydrogen (secondary N) is 1. The minimum atomic E-state index is 0.675. The molecule has 2 rings (SSSR count). The summed E-state index contributed by atoms with van der Waals surface area (Å²) in [6, 6.07) is 4.03. The van der Waals surface area contributed by atoms with Crippen molar-refractivity contribution in [2.45, 2.75) is 12.8 Å². The van der Waals surface area contributed by atoms with Gasteiger partial charge in [-0.15, -0.1) is 0 Å². The Morgan fingerprint density at radius 1 is 1.25 bits per heavy atom. The van der Waals surface area contributed by atoms with E-state index < -0.39 is 0 Å². The number of pyridine rings is 1. The first-order chi connectivity index (χ1) is 7.95. The van der Waals surface area contributed by atoms with Gasteiger partial charge in [0, 0.05) is 25.4 Å². The minimum Gasteiger partial charge on any atom is -0.340 e. The van der Waals surface area contributed by atoms with E-state index in [2.05, 4.69) is 26.5 Å². The Morgan fingerprint density at radius 3 is 2.94 bits per heavy atom. The second-order valence-electron chi connectivity index (χ2n) is 3.45. The third-order valence-corrected chi connectivity index (χ3v) is 2.24. The molecular weight excluding hydrogens is 204 g/mol. The lowest BCUT2D eigenvalue weighted by Crippen LogP contribution is -2.20. The molecule has 0 spiro atoms. The zero-order valence-corrected chi connectivity index (χ0v) is 8.97. The molecule has 2 aromatic heterocycles. The van der Waals surface area contributed by atoms with Crippen LogP contribution in [0.3, 0.4) is 0 Å². The Morgan fingerprint density at radius 2 is 2.19 bits per heavy atom. The Bertz CT molecular complexity index is 388. The van der Waals surface area contributed by atoms with E-state index in [9.17, 15) is 0 Å². The van der Waals surface area contributed by atoms with E-state index in [-0.39, 0.29) is 0 Å². The summed E-state index contributed by atoms with van der Waals surface area (Å²) in [5, 5.41) is 6.86. The molecule has 0 bridgehead atoms. The second kappa shape index (κ2) is 5.97. The van der Waals surface area contributed by atoms with Crippen LogP contribution in [0.4, 0.5) is 0 Å². The Labute approximate surface area is 93.9 Å². The molecule has 2 aromatic rings. The van der Waals surface area contributed by atoms with Gasteiger partial charge < -0.3 is 9.84 Å². The first-order valence-corrected chi connectivity index (χ1v) is 5.30. The van der Waals surface area contributed by atoms with Gasteiger partial charge in [-0.05, 0) is 24.6 Å². The van der Waals surface area contributed by atoms with Crippen LogP contribution in [0.1, 0.15) is 11.5 Å². The molecule has 0 amide bonds. The summed E-state index contributed by atoms with van der Waals surface area (Å²) in [4.78, 5) is 8.01. The van der Waals surface area contributed by atoms with Crippen molar-refractivity contribution in [3.8, 4) is 0 Å². The molecular formula is C11H14N4O. The van der Waals surface area contributed by atoms with E-state index in [0.717, 1.165) is 25.9 Å². The maximum atomic E-state index is 4.89. The van der Waals surface area contributed by atoms with Gasteiger partial charge in [0.2, 0.25) is 5.89 Å². The SMILES string of the molecule is c1cncc(CCNCCc2ncno2)c1. The second-order valence-corrected chi connectivity index (χ2v) is 3.45. The maximum absolute atomic E-state index is 4.89.